The summed E-state index contributed by atoms with van der Waals surface area (Å²) in [6.07, 6.45) is 1.11. The van der Waals surface area contributed by atoms with Crippen LogP contribution < -0.4 is 5.56 Å². The van der Waals surface area contributed by atoms with Crippen molar-refractivity contribution in [2.75, 3.05) is 0 Å². The predicted octanol–water partition coefficient (Wildman–Crippen LogP) is 2.19. The Hall–Kier alpha value is -2.43. The lowest BCUT2D eigenvalue weighted by atomic mass is 10.0. The summed E-state index contributed by atoms with van der Waals surface area (Å²) in [6.45, 7) is 1.54. The van der Waals surface area contributed by atoms with Crippen molar-refractivity contribution in [1.82, 2.24) is 4.98 Å². The highest BCUT2D eigenvalue weighted by molar-refractivity contribution is 5.89. The molecule has 4 nitrogen and oxygen atoms in total. The van der Waals surface area contributed by atoms with Gasteiger partial charge in [-0.25, -0.2) is 9.18 Å². The second kappa shape index (κ2) is 4.44. The molecule has 0 bridgehead atoms. The minimum atomic E-state index is -1.15. The maximum atomic E-state index is 13.4. The van der Waals surface area contributed by atoms with Gasteiger partial charge < -0.3 is 10.1 Å². The summed E-state index contributed by atoms with van der Waals surface area (Å²) < 4.78 is 13.4. The highest BCUT2D eigenvalue weighted by Gasteiger charge is 2.12. The van der Waals surface area contributed by atoms with E-state index in [4.69, 9.17) is 5.11 Å². The van der Waals surface area contributed by atoms with Crippen LogP contribution in [0.4, 0.5) is 4.39 Å². The number of carboxylic acid groups (broad SMARTS) is 1. The zero-order valence-electron chi connectivity index (χ0n) is 9.53. The summed E-state index contributed by atoms with van der Waals surface area (Å²) >= 11 is 0. The fourth-order valence-electron chi connectivity index (χ4n) is 1.71. The zero-order chi connectivity index (χ0) is 13.3. The number of hydrogen-bond donors (Lipinski definition) is 2. The largest absolute Gasteiger partial charge is 0.478 e. The number of aromatic amines is 1. The Morgan fingerprint density at radius 2 is 2.06 bits per heavy atom. The van der Waals surface area contributed by atoms with Crippen LogP contribution in [0.5, 0.6) is 0 Å². The third-order valence-electron chi connectivity index (χ3n) is 2.71. The van der Waals surface area contributed by atoms with Gasteiger partial charge in [0.05, 0.1) is 5.56 Å². The van der Waals surface area contributed by atoms with Gasteiger partial charge in [-0.15, -0.1) is 0 Å². The standard InChI is InChI=1S/C13H10FNO3/c1-7-9(3-2-4-11(7)14)10-5-8(13(17)18)6-15-12(10)16/h2-6H,1H3,(H,15,16)(H,17,18). The molecule has 0 atom stereocenters. The first-order chi connectivity index (χ1) is 8.50. The Labute approximate surface area is 102 Å². The average Bonchev–Trinajstić information content (AvgIpc) is 2.33. The lowest BCUT2D eigenvalue weighted by molar-refractivity contribution is 0.0696. The molecule has 0 aliphatic rings. The number of H-pyrrole nitrogens is 1. The Morgan fingerprint density at radius 1 is 1.33 bits per heavy atom. The van der Waals surface area contributed by atoms with Crippen LogP contribution in [0, 0.1) is 12.7 Å². The van der Waals surface area contributed by atoms with Crippen LogP contribution in [0.3, 0.4) is 0 Å². The van der Waals surface area contributed by atoms with E-state index in [9.17, 15) is 14.0 Å². The van der Waals surface area contributed by atoms with Crippen molar-refractivity contribution in [2.24, 2.45) is 0 Å². The molecule has 0 aliphatic heterocycles. The van der Waals surface area contributed by atoms with E-state index in [1.807, 2.05) is 0 Å². The number of halogens is 1. The van der Waals surface area contributed by atoms with E-state index in [-0.39, 0.29) is 11.1 Å². The van der Waals surface area contributed by atoms with E-state index in [2.05, 4.69) is 4.98 Å². The molecule has 2 rings (SSSR count). The number of carbonyl (C=O) groups is 1. The van der Waals surface area contributed by atoms with Gasteiger partial charge in [0.25, 0.3) is 5.56 Å². The van der Waals surface area contributed by atoms with Crippen molar-refractivity contribution in [1.29, 1.82) is 0 Å². The van der Waals surface area contributed by atoms with E-state index in [1.54, 1.807) is 6.07 Å². The molecule has 1 aromatic carbocycles. The third-order valence-corrected chi connectivity index (χ3v) is 2.71. The minimum absolute atomic E-state index is 0.0479. The Bertz CT molecular complexity index is 676. The fourth-order valence-corrected chi connectivity index (χ4v) is 1.71. The quantitative estimate of drug-likeness (QED) is 0.854. The lowest BCUT2D eigenvalue weighted by Crippen LogP contribution is -2.12. The molecule has 92 valence electrons. The second-order valence-corrected chi connectivity index (χ2v) is 3.85. The molecule has 0 saturated heterocycles. The fraction of sp³-hybridized carbons (Fsp3) is 0.0769. The molecule has 0 aliphatic carbocycles. The van der Waals surface area contributed by atoms with E-state index >= 15 is 0 Å². The van der Waals surface area contributed by atoms with Crippen LogP contribution in [0.1, 0.15) is 15.9 Å². The van der Waals surface area contributed by atoms with Gasteiger partial charge in [-0.3, -0.25) is 4.79 Å². The van der Waals surface area contributed by atoms with Crippen molar-refractivity contribution >= 4 is 5.97 Å². The smallest absolute Gasteiger partial charge is 0.337 e. The maximum Gasteiger partial charge on any atom is 0.337 e. The Kier molecular flexibility index (Phi) is 2.97. The molecule has 1 heterocycles. The molecular weight excluding hydrogens is 237 g/mol. The first kappa shape index (κ1) is 12.0. The number of aromatic carboxylic acids is 1. The summed E-state index contributed by atoms with van der Waals surface area (Å²) in [6, 6.07) is 5.58. The molecule has 2 aromatic rings. The third kappa shape index (κ3) is 2.02. The van der Waals surface area contributed by atoms with E-state index in [0.29, 0.717) is 11.1 Å². The lowest BCUT2D eigenvalue weighted by Gasteiger charge is -2.06. The van der Waals surface area contributed by atoms with Gasteiger partial charge in [0, 0.05) is 11.8 Å². The normalized spacial score (nSPS) is 10.3. The Morgan fingerprint density at radius 3 is 2.72 bits per heavy atom. The van der Waals surface area contributed by atoms with Gasteiger partial charge >= 0.3 is 5.97 Å². The number of carboxylic acids is 1. The molecule has 18 heavy (non-hydrogen) atoms. The van der Waals surface area contributed by atoms with Gasteiger partial charge in [0.2, 0.25) is 0 Å². The van der Waals surface area contributed by atoms with Crippen molar-refractivity contribution < 1.29 is 14.3 Å². The zero-order valence-corrected chi connectivity index (χ0v) is 9.53. The van der Waals surface area contributed by atoms with E-state index in [1.165, 1.54) is 25.1 Å². The number of hydrogen-bond acceptors (Lipinski definition) is 2. The summed E-state index contributed by atoms with van der Waals surface area (Å²) in [7, 11) is 0. The van der Waals surface area contributed by atoms with E-state index in [0.717, 1.165) is 6.20 Å². The van der Waals surface area contributed by atoms with Crippen molar-refractivity contribution in [3.63, 3.8) is 0 Å². The first-order valence-corrected chi connectivity index (χ1v) is 5.22. The molecule has 0 fully saturated rings. The highest BCUT2D eigenvalue weighted by Crippen LogP contribution is 2.22. The summed E-state index contributed by atoms with van der Waals surface area (Å²) in [5.74, 6) is -1.59. The Balaban J connectivity index is 2.70. The molecule has 2 N–H and O–H groups in total. The number of benzene rings is 1. The van der Waals surface area contributed by atoms with Crippen LogP contribution in [-0.4, -0.2) is 16.1 Å². The van der Waals surface area contributed by atoms with Gasteiger partial charge in [-0.2, -0.15) is 0 Å². The number of rotatable bonds is 2. The van der Waals surface area contributed by atoms with Gasteiger partial charge in [-0.1, -0.05) is 12.1 Å². The molecule has 0 radical (unpaired) electrons. The SMILES string of the molecule is Cc1c(F)cccc1-c1cc(C(=O)O)c[nH]c1=O. The van der Waals surface area contributed by atoms with Crippen LogP contribution in [0.15, 0.2) is 35.3 Å². The summed E-state index contributed by atoms with van der Waals surface area (Å²) in [5.41, 5.74) is 0.346. The van der Waals surface area contributed by atoms with Crippen LogP contribution >= 0.6 is 0 Å². The molecular formula is C13H10FNO3. The molecule has 5 heteroatoms. The van der Waals surface area contributed by atoms with Crippen LogP contribution in [0.25, 0.3) is 11.1 Å². The maximum absolute atomic E-state index is 13.4. The summed E-state index contributed by atoms with van der Waals surface area (Å²) in [5, 5.41) is 8.87. The second-order valence-electron chi connectivity index (χ2n) is 3.85. The minimum Gasteiger partial charge on any atom is -0.478 e. The topological polar surface area (TPSA) is 70.2 Å². The number of pyridine rings is 1. The van der Waals surface area contributed by atoms with Crippen molar-refractivity contribution in [3.05, 3.63) is 57.8 Å². The van der Waals surface area contributed by atoms with E-state index < -0.39 is 17.3 Å². The molecule has 0 saturated carbocycles. The average molecular weight is 247 g/mol. The highest BCUT2D eigenvalue weighted by atomic mass is 19.1. The molecule has 0 spiro atoms. The molecule has 0 unspecified atom stereocenters. The van der Waals surface area contributed by atoms with Crippen molar-refractivity contribution in [3.8, 4) is 11.1 Å². The molecule has 0 amide bonds. The van der Waals surface area contributed by atoms with Gasteiger partial charge in [-0.05, 0) is 30.2 Å². The van der Waals surface area contributed by atoms with Crippen LogP contribution in [-0.2, 0) is 0 Å². The van der Waals surface area contributed by atoms with Crippen LogP contribution in [0.2, 0.25) is 0 Å². The molecule has 1 aromatic heterocycles. The van der Waals surface area contributed by atoms with Gasteiger partial charge in [0.15, 0.2) is 0 Å². The number of aromatic nitrogens is 1. The van der Waals surface area contributed by atoms with Crippen molar-refractivity contribution in [2.45, 2.75) is 6.92 Å². The van der Waals surface area contributed by atoms with Gasteiger partial charge in [0.1, 0.15) is 5.82 Å². The summed E-state index contributed by atoms with van der Waals surface area (Å²) in [4.78, 5) is 24.9. The monoisotopic (exact) mass is 247 g/mol. The number of nitrogens with one attached hydrogen (secondary N) is 1. The predicted molar refractivity (Wildman–Crippen MR) is 64.2 cm³/mol. The first-order valence-electron chi connectivity index (χ1n) is 5.22.